The molecule has 2 aromatic rings. The van der Waals surface area contributed by atoms with Crippen LogP contribution in [0.3, 0.4) is 0 Å². The van der Waals surface area contributed by atoms with Crippen LogP contribution >= 0.6 is 0 Å². The van der Waals surface area contributed by atoms with Crippen molar-refractivity contribution in [3.63, 3.8) is 0 Å². The molecule has 0 radical (unpaired) electrons. The first-order chi connectivity index (χ1) is 9.81. The number of halogens is 5. The normalized spacial score (nSPS) is 11.5. The molecule has 0 fully saturated rings. The van der Waals surface area contributed by atoms with Gasteiger partial charge in [-0.05, 0) is 31.2 Å². The van der Waals surface area contributed by atoms with Crippen LogP contribution in [0.2, 0.25) is 0 Å². The second-order valence-electron chi connectivity index (χ2n) is 4.11. The molecule has 2 rings (SSSR count). The number of anilines is 1. The Kier molecular flexibility index (Phi) is 4.06. The maximum atomic E-state index is 13.7. The van der Waals surface area contributed by atoms with Crippen LogP contribution in [0.5, 0.6) is 0 Å². The zero-order valence-electron chi connectivity index (χ0n) is 10.8. The second kappa shape index (κ2) is 5.63. The lowest BCUT2D eigenvalue weighted by molar-refractivity contribution is -0.141. The molecule has 1 heterocycles. The number of alkyl halides is 3. The Bertz CT molecular complexity index is 655. The Labute approximate surface area is 116 Å². The van der Waals surface area contributed by atoms with Gasteiger partial charge in [-0.3, -0.25) is 0 Å². The van der Waals surface area contributed by atoms with Gasteiger partial charge in [0.2, 0.25) is 5.95 Å². The highest BCUT2D eigenvalue weighted by atomic mass is 19.4. The molecule has 1 aromatic heterocycles. The van der Waals surface area contributed by atoms with Crippen LogP contribution in [0, 0.1) is 11.6 Å². The number of nitrogens with zero attached hydrogens (tertiary/aromatic N) is 2. The third kappa shape index (κ3) is 3.45. The van der Waals surface area contributed by atoms with E-state index in [2.05, 4.69) is 15.3 Å². The van der Waals surface area contributed by atoms with Crippen LogP contribution < -0.4 is 5.32 Å². The Morgan fingerprint density at radius 3 is 2.43 bits per heavy atom. The minimum absolute atomic E-state index is 0.284. The highest BCUT2D eigenvalue weighted by Gasteiger charge is 2.34. The first-order valence-electron chi connectivity index (χ1n) is 5.97. The maximum Gasteiger partial charge on any atom is 0.433 e. The van der Waals surface area contributed by atoms with E-state index in [-0.39, 0.29) is 23.8 Å². The molecule has 0 amide bonds. The number of hydrogen-bond donors (Lipinski definition) is 1. The van der Waals surface area contributed by atoms with E-state index in [0.29, 0.717) is 6.07 Å². The molecule has 112 valence electrons. The Balaban J connectivity index is 2.62. The molecule has 8 heteroatoms. The smallest absolute Gasteiger partial charge is 0.354 e. The lowest BCUT2D eigenvalue weighted by Crippen LogP contribution is -2.12. The third-order valence-corrected chi connectivity index (χ3v) is 2.56. The fourth-order valence-corrected chi connectivity index (χ4v) is 1.66. The molecule has 0 aliphatic heterocycles. The molecule has 0 bridgehead atoms. The molecule has 0 saturated heterocycles. The van der Waals surface area contributed by atoms with E-state index in [9.17, 15) is 22.0 Å². The van der Waals surface area contributed by atoms with Crippen molar-refractivity contribution in [3.05, 3.63) is 41.6 Å². The molecule has 1 N–H and O–H groups in total. The van der Waals surface area contributed by atoms with E-state index < -0.39 is 23.5 Å². The molecule has 0 saturated carbocycles. The van der Waals surface area contributed by atoms with Gasteiger partial charge in [-0.25, -0.2) is 18.7 Å². The van der Waals surface area contributed by atoms with Gasteiger partial charge in [-0.15, -0.1) is 0 Å². The van der Waals surface area contributed by atoms with E-state index in [1.54, 1.807) is 6.92 Å². The van der Waals surface area contributed by atoms with Gasteiger partial charge in [0.25, 0.3) is 0 Å². The quantitative estimate of drug-likeness (QED) is 0.875. The fraction of sp³-hybridized carbons (Fsp3) is 0.231. The monoisotopic (exact) mass is 303 g/mol. The van der Waals surface area contributed by atoms with Gasteiger partial charge in [0.15, 0.2) is 5.69 Å². The Morgan fingerprint density at radius 1 is 1.10 bits per heavy atom. The molecular weight excluding hydrogens is 293 g/mol. The standard InChI is InChI=1S/C13H10F5N3/c1-2-19-12-20-10(6-11(21-12)13(16,17)18)8-5-7(14)3-4-9(8)15/h3-6H,2H2,1H3,(H,19,20,21). The highest BCUT2D eigenvalue weighted by molar-refractivity contribution is 5.62. The summed E-state index contributed by atoms with van der Waals surface area (Å²) in [6.07, 6.45) is -4.72. The summed E-state index contributed by atoms with van der Waals surface area (Å²) in [5, 5.41) is 2.53. The molecule has 0 aliphatic rings. The van der Waals surface area contributed by atoms with Gasteiger partial charge in [-0.1, -0.05) is 0 Å². The van der Waals surface area contributed by atoms with Crippen LogP contribution in [0.1, 0.15) is 12.6 Å². The zero-order chi connectivity index (χ0) is 15.6. The van der Waals surface area contributed by atoms with Crippen molar-refractivity contribution in [2.75, 3.05) is 11.9 Å². The minimum atomic E-state index is -4.72. The van der Waals surface area contributed by atoms with E-state index in [1.807, 2.05) is 0 Å². The minimum Gasteiger partial charge on any atom is -0.354 e. The first kappa shape index (κ1) is 15.1. The Hall–Kier alpha value is -2.25. The average molecular weight is 303 g/mol. The summed E-state index contributed by atoms with van der Waals surface area (Å²) in [4.78, 5) is 7.09. The molecule has 3 nitrogen and oxygen atoms in total. The first-order valence-corrected chi connectivity index (χ1v) is 5.97. The molecule has 21 heavy (non-hydrogen) atoms. The van der Waals surface area contributed by atoms with E-state index in [0.717, 1.165) is 18.2 Å². The fourth-order valence-electron chi connectivity index (χ4n) is 1.66. The van der Waals surface area contributed by atoms with E-state index in [4.69, 9.17) is 0 Å². The zero-order valence-corrected chi connectivity index (χ0v) is 10.8. The topological polar surface area (TPSA) is 37.8 Å². The third-order valence-electron chi connectivity index (χ3n) is 2.56. The van der Waals surface area contributed by atoms with Crippen molar-refractivity contribution in [2.24, 2.45) is 0 Å². The summed E-state index contributed by atoms with van der Waals surface area (Å²) in [6, 6.07) is 3.06. The summed E-state index contributed by atoms with van der Waals surface area (Å²) < 4.78 is 65.2. The lowest BCUT2D eigenvalue weighted by Gasteiger charge is -2.11. The van der Waals surface area contributed by atoms with Gasteiger partial charge in [0.1, 0.15) is 11.6 Å². The van der Waals surface area contributed by atoms with Crippen LogP contribution in [0.4, 0.5) is 27.9 Å². The van der Waals surface area contributed by atoms with Crippen LogP contribution in [-0.2, 0) is 6.18 Å². The molecular formula is C13H10F5N3. The summed E-state index contributed by atoms with van der Waals surface area (Å²) in [6.45, 7) is 1.93. The molecule has 0 aliphatic carbocycles. The highest BCUT2D eigenvalue weighted by Crippen LogP contribution is 2.32. The van der Waals surface area contributed by atoms with Gasteiger partial charge in [-0.2, -0.15) is 13.2 Å². The number of hydrogen-bond acceptors (Lipinski definition) is 3. The molecule has 1 aromatic carbocycles. The number of aromatic nitrogens is 2. The van der Waals surface area contributed by atoms with Crippen molar-refractivity contribution >= 4 is 5.95 Å². The summed E-state index contributed by atoms with van der Waals surface area (Å²) in [7, 11) is 0. The Morgan fingerprint density at radius 2 is 1.81 bits per heavy atom. The number of nitrogens with one attached hydrogen (secondary N) is 1. The van der Waals surface area contributed by atoms with Crippen molar-refractivity contribution in [3.8, 4) is 11.3 Å². The molecule has 0 unspecified atom stereocenters. The summed E-state index contributed by atoms with van der Waals surface area (Å²) in [5.74, 6) is -1.94. The van der Waals surface area contributed by atoms with Crippen molar-refractivity contribution in [1.82, 2.24) is 9.97 Å². The molecule has 0 atom stereocenters. The van der Waals surface area contributed by atoms with Crippen LogP contribution in [0.25, 0.3) is 11.3 Å². The second-order valence-corrected chi connectivity index (χ2v) is 4.11. The summed E-state index contributed by atoms with van der Waals surface area (Å²) in [5.41, 5.74) is -1.93. The van der Waals surface area contributed by atoms with Crippen molar-refractivity contribution in [1.29, 1.82) is 0 Å². The number of benzene rings is 1. The van der Waals surface area contributed by atoms with Crippen molar-refractivity contribution in [2.45, 2.75) is 13.1 Å². The van der Waals surface area contributed by atoms with E-state index in [1.165, 1.54) is 0 Å². The van der Waals surface area contributed by atoms with Crippen molar-refractivity contribution < 1.29 is 22.0 Å². The van der Waals surface area contributed by atoms with Crippen LogP contribution in [-0.4, -0.2) is 16.5 Å². The van der Waals surface area contributed by atoms with Gasteiger partial charge in [0, 0.05) is 12.1 Å². The molecule has 0 spiro atoms. The van der Waals surface area contributed by atoms with E-state index >= 15 is 0 Å². The summed E-state index contributed by atoms with van der Waals surface area (Å²) >= 11 is 0. The largest absolute Gasteiger partial charge is 0.433 e. The predicted molar refractivity (Wildman–Crippen MR) is 66.5 cm³/mol. The maximum absolute atomic E-state index is 13.7. The average Bonchev–Trinajstić information content (AvgIpc) is 2.40. The number of rotatable bonds is 3. The lowest BCUT2D eigenvalue weighted by atomic mass is 10.1. The van der Waals surface area contributed by atoms with Crippen LogP contribution in [0.15, 0.2) is 24.3 Å². The van der Waals surface area contributed by atoms with Gasteiger partial charge >= 0.3 is 6.18 Å². The SMILES string of the molecule is CCNc1nc(-c2cc(F)ccc2F)cc(C(F)(F)F)n1. The van der Waals surface area contributed by atoms with Gasteiger partial charge in [0.05, 0.1) is 5.69 Å². The van der Waals surface area contributed by atoms with Gasteiger partial charge < -0.3 is 5.32 Å². The predicted octanol–water partition coefficient (Wildman–Crippen LogP) is 3.87.